The van der Waals surface area contributed by atoms with Gasteiger partial charge in [-0.1, -0.05) is 0 Å². The van der Waals surface area contributed by atoms with E-state index in [-0.39, 0.29) is 0 Å². The van der Waals surface area contributed by atoms with E-state index in [0.717, 1.165) is 10.9 Å². The summed E-state index contributed by atoms with van der Waals surface area (Å²) in [4.78, 5) is 4.59. The zero-order valence-corrected chi connectivity index (χ0v) is 7.31. The van der Waals surface area contributed by atoms with Crippen molar-refractivity contribution in [3.05, 3.63) is 41.5 Å². The largest absolute Gasteiger partial charge is 0.252 e. The van der Waals surface area contributed by atoms with Crippen LogP contribution in [0.4, 0.5) is 8.78 Å². The molecule has 0 radical (unpaired) electrons. The van der Waals surface area contributed by atoms with E-state index >= 15 is 0 Å². The molecule has 66 valence electrons. The molecule has 0 amide bonds. The van der Waals surface area contributed by atoms with Crippen molar-refractivity contribution in [2.75, 3.05) is 0 Å². The molecule has 0 fully saturated rings. The van der Waals surface area contributed by atoms with Crippen LogP contribution in [0.25, 0.3) is 10.4 Å². The van der Waals surface area contributed by atoms with Crippen LogP contribution in [-0.2, 0) is 0 Å². The van der Waals surface area contributed by atoms with Gasteiger partial charge in [-0.25, -0.2) is 8.78 Å². The maximum Gasteiger partial charge on any atom is 0.126 e. The average Bonchev–Trinajstić information content (AvgIpc) is 2.53. The first-order chi connectivity index (χ1) is 6.25. The van der Waals surface area contributed by atoms with Gasteiger partial charge in [-0.15, -0.1) is 11.3 Å². The van der Waals surface area contributed by atoms with Gasteiger partial charge in [0.2, 0.25) is 0 Å². The van der Waals surface area contributed by atoms with Gasteiger partial charge in [0.05, 0.1) is 10.4 Å². The molecular weight excluding hydrogens is 192 g/mol. The van der Waals surface area contributed by atoms with E-state index in [1.54, 1.807) is 11.7 Å². The van der Waals surface area contributed by atoms with E-state index in [4.69, 9.17) is 0 Å². The highest BCUT2D eigenvalue weighted by Crippen LogP contribution is 2.24. The summed E-state index contributed by atoms with van der Waals surface area (Å²) in [5.74, 6) is -1.13. The highest BCUT2D eigenvalue weighted by Gasteiger charge is 2.03. The van der Waals surface area contributed by atoms with Crippen LogP contribution in [0.1, 0.15) is 0 Å². The predicted octanol–water partition coefficient (Wildman–Crippen LogP) is 3.09. The number of hydrogen-bond acceptors (Lipinski definition) is 2. The van der Waals surface area contributed by atoms with Gasteiger partial charge >= 0.3 is 0 Å². The molecule has 13 heavy (non-hydrogen) atoms. The lowest BCUT2D eigenvalue weighted by Crippen LogP contribution is -1.81. The zero-order valence-electron chi connectivity index (χ0n) is 6.50. The summed E-state index contributed by atoms with van der Waals surface area (Å²) in [5, 5.41) is 0. The van der Waals surface area contributed by atoms with Crippen molar-refractivity contribution < 1.29 is 8.78 Å². The lowest BCUT2D eigenvalue weighted by molar-refractivity contribution is 0.584. The summed E-state index contributed by atoms with van der Waals surface area (Å²) in [6.45, 7) is 0. The molecule has 1 heterocycles. The second kappa shape index (κ2) is 3.22. The Bertz CT molecular complexity index is 391. The smallest absolute Gasteiger partial charge is 0.126 e. The lowest BCUT2D eigenvalue weighted by atomic mass is 10.2. The van der Waals surface area contributed by atoms with Gasteiger partial charge in [0.25, 0.3) is 0 Å². The van der Waals surface area contributed by atoms with Crippen LogP contribution in [0.2, 0.25) is 0 Å². The third-order valence-electron chi connectivity index (χ3n) is 1.58. The van der Waals surface area contributed by atoms with Crippen molar-refractivity contribution in [3.63, 3.8) is 0 Å². The summed E-state index contributed by atoms with van der Waals surface area (Å²) in [5.41, 5.74) is 2.15. The Kier molecular flexibility index (Phi) is 2.06. The summed E-state index contributed by atoms with van der Waals surface area (Å²) in [6.07, 6.45) is 1.58. The van der Waals surface area contributed by atoms with Gasteiger partial charge in [0.1, 0.15) is 11.6 Å². The fourth-order valence-corrected chi connectivity index (χ4v) is 1.67. The molecule has 1 aromatic heterocycles. The molecule has 0 atom stereocenters. The molecule has 0 aliphatic heterocycles. The maximum absolute atomic E-state index is 12.8. The summed E-state index contributed by atoms with van der Waals surface area (Å²) in [6, 6.07) is 3.43. The van der Waals surface area contributed by atoms with Gasteiger partial charge in [0, 0.05) is 12.3 Å². The van der Waals surface area contributed by atoms with Gasteiger partial charge in [-0.3, -0.25) is 4.98 Å². The Morgan fingerprint density at radius 1 is 1.08 bits per heavy atom. The summed E-state index contributed by atoms with van der Waals surface area (Å²) < 4.78 is 25.5. The first kappa shape index (κ1) is 8.31. The van der Waals surface area contributed by atoms with E-state index in [2.05, 4.69) is 4.98 Å². The first-order valence-electron chi connectivity index (χ1n) is 3.60. The standard InChI is InChI=1S/C9H5F2NS/c10-7-1-6(2-8(11)3-7)9-4-12-5-13-9/h1-5H. The topological polar surface area (TPSA) is 12.9 Å². The molecule has 4 heteroatoms. The number of hydrogen-bond donors (Lipinski definition) is 0. The molecule has 0 unspecified atom stereocenters. The fraction of sp³-hybridized carbons (Fsp3) is 0. The minimum atomic E-state index is -0.566. The van der Waals surface area contributed by atoms with Crippen molar-refractivity contribution in [1.82, 2.24) is 4.98 Å². The molecule has 0 saturated heterocycles. The van der Waals surface area contributed by atoms with Crippen molar-refractivity contribution in [2.24, 2.45) is 0 Å². The molecule has 0 aliphatic rings. The maximum atomic E-state index is 12.8. The molecule has 1 nitrogen and oxygen atoms in total. The van der Waals surface area contributed by atoms with Crippen molar-refractivity contribution in [2.45, 2.75) is 0 Å². The Morgan fingerprint density at radius 2 is 1.77 bits per heavy atom. The van der Waals surface area contributed by atoms with Crippen LogP contribution >= 0.6 is 11.3 Å². The van der Waals surface area contributed by atoms with Crippen LogP contribution in [0, 0.1) is 11.6 Å². The zero-order chi connectivity index (χ0) is 9.26. The molecule has 0 spiro atoms. The van der Waals surface area contributed by atoms with Crippen molar-refractivity contribution in [3.8, 4) is 10.4 Å². The monoisotopic (exact) mass is 197 g/mol. The molecular formula is C9H5F2NS. The molecule has 0 aliphatic carbocycles. The molecule has 2 aromatic rings. The average molecular weight is 197 g/mol. The fourth-order valence-electron chi connectivity index (χ4n) is 1.05. The Morgan fingerprint density at radius 3 is 2.31 bits per heavy atom. The molecule has 0 saturated carbocycles. The number of rotatable bonds is 1. The Hall–Kier alpha value is -1.29. The molecule has 2 rings (SSSR count). The minimum Gasteiger partial charge on any atom is -0.252 e. The Labute approximate surface area is 77.7 Å². The third-order valence-corrected chi connectivity index (χ3v) is 2.40. The predicted molar refractivity (Wildman–Crippen MR) is 47.5 cm³/mol. The van der Waals surface area contributed by atoms with E-state index in [0.29, 0.717) is 5.56 Å². The lowest BCUT2D eigenvalue weighted by Gasteiger charge is -1.96. The number of halogens is 2. The second-order valence-corrected chi connectivity index (χ2v) is 3.41. The third kappa shape index (κ3) is 1.72. The summed E-state index contributed by atoms with van der Waals surface area (Å²) in [7, 11) is 0. The first-order valence-corrected chi connectivity index (χ1v) is 4.48. The highest BCUT2D eigenvalue weighted by atomic mass is 32.1. The minimum absolute atomic E-state index is 0.528. The number of nitrogens with zero attached hydrogens (tertiary/aromatic N) is 1. The van der Waals surface area contributed by atoms with Crippen molar-refractivity contribution in [1.29, 1.82) is 0 Å². The number of thiazole rings is 1. The number of benzene rings is 1. The van der Waals surface area contributed by atoms with Crippen molar-refractivity contribution >= 4 is 11.3 Å². The Balaban J connectivity index is 2.53. The van der Waals surface area contributed by atoms with Gasteiger partial charge in [0.15, 0.2) is 0 Å². The van der Waals surface area contributed by atoms with Crippen LogP contribution in [-0.4, -0.2) is 4.98 Å². The SMILES string of the molecule is Fc1cc(F)cc(-c2cncs2)c1. The van der Waals surface area contributed by atoms with E-state index < -0.39 is 11.6 Å². The highest BCUT2D eigenvalue weighted by molar-refractivity contribution is 7.13. The van der Waals surface area contributed by atoms with Gasteiger partial charge in [-0.2, -0.15) is 0 Å². The van der Waals surface area contributed by atoms with Gasteiger partial charge < -0.3 is 0 Å². The van der Waals surface area contributed by atoms with Crippen LogP contribution in [0.3, 0.4) is 0 Å². The molecule has 0 bridgehead atoms. The quantitative estimate of drug-likeness (QED) is 0.684. The van der Waals surface area contributed by atoms with Crippen LogP contribution in [0.15, 0.2) is 29.9 Å². The molecule has 1 aromatic carbocycles. The van der Waals surface area contributed by atoms with Crippen LogP contribution < -0.4 is 0 Å². The van der Waals surface area contributed by atoms with Gasteiger partial charge in [-0.05, 0) is 17.7 Å². The van der Waals surface area contributed by atoms with Crippen LogP contribution in [0.5, 0.6) is 0 Å². The van der Waals surface area contributed by atoms with E-state index in [9.17, 15) is 8.78 Å². The molecule has 0 N–H and O–H groups in total. The number of aromatic nitrogens is 1. The summed E-state index contributed by atoms with van der Waals surface area (Å²) >= 11 is 1.35. The van der Waals surface area contributed by atoms with E-state index in [1.807, 2.05) is 0 Å². The second-order valence-electron chi connectivity index (χ2n) is 2.52. The van der Waals surface area contributed by atoms with E-state index in [1.165, 1.54) is 23.5 Å². The normalized spacial score (nSPS) is 10.3.